The van der Waals surface area contributed by atoms with E-state index in [-0.39, 0.29) is 18.5 Å². The van der Waals surface area contributed by atoms with Crippen molar-refractivity contribution < 1.29 is 14.5 Å². The number of nitrogens with zero attached hydrogens (tertiary/aromatic N) is 1. The summed E-state index contributed by atoms with van der Waals surface area (Å²) in [5.74, 6) is -0.430. The van der Waals surface area contributed by atoms with Crippen LogP contribution in [-0.4, -0.2) is 24.0 Å². The number of nitro benzene ring substituents is 1. The maximum absolute atomic E-state index is 11.1. The number of nitrogens with two attached hydrogens (primary N) is 1. The Morgan fingerprint density at radius 1 is 1.61 bits per heavy atom. The average Bonchev–Trinajstić information content (AvgIpc) is 2.28. The van der Waals surface area contributed by atoms with E-state index in [0.29, 0.717) is 5.56 Å². The van der Waals surface area contributed by atoms with Gasteiger partial charge in [0.2, 0.25) is 0 Å². The number of methoxy groups -OCH3 is 1. The molecule has 0 spiro atoms. The molecule has 0 amide bonds. The second-order valence-electron chi connectivity index (χ2n) is 3.77. The minimum atomic E-state index is -0.509. The van der Waals surface area contributed by atoms with Gasteiger partial charge in [-0.1, -0.05) is 15.9 Å². The van der Waals surface area contributed by atoms with Crippen molar-refractivity contribution in [2.24, 2.45) is 5.73 Å². The molecule has 98 valence electrons. The largest absolute Gasteiger partial charge is 0.469 e. The van der Waals surface area contributed by atoms with Gasteiger partial charge in [0, 0.05) is 22.1 Å². The Morgan fingerprint density at radius 3 is 2.83 bits per heavy atom. The molecule has 0 saturated carbocycles. The second-order valence-corrected chi connectivity index (χ2v) is 4.69. The summed E-state index contributed by atoms with van der Waals surface area (Å²) in [4.78, 5) is 21.4. The number of carbonyl (C=O) groups excluding carboxylic acids is 1. The molecule has 0 fully saturated rings. The predicted molar refractivity (Wildman–Crippen MR) is 69.1 cm³/mol. The Balaban J connectivity index is 2.85. The molecule has 0 aliphatic carbocycles. The fourth-order valence-electron chi connectivity index (χ4n) is 1.55. The number of hydrogen-bond donors (Lipinski definition) is 1. The molecule has 1 rings (SSSR count). The number of ether oxygens (including phenoxy) is 1. The van der Waals surface area contributed by atoms with Gasteiger partial charge in [0.1, 0.15) is 0 Å². The van der Waals surface area contributed by atoms with Crippen LogP contribution in [0.5, 0.6) is 0 Å². The third kappa shape index (κ3) is 4.08. The van der Waals surface area contributed by atoms with Crippen LogP contribution in [0.4, 0.5) is 5.69 Å². The Bertz CT molecular complexity index is 464. The van der Waals surface area contributed by atoms with E-state index in [1.165, 1.54) is 13.2 Å². The van der Waals surface area contributed by atoms with Gasteiger partial charge < -0.3 is 10.5 Å². The third-order valence-corrected chi connectivity index (χ3v) is 2.87. The van der Waals surface area contributed by atoms with Crippen molar-refractivity contribution in [1.82, 2.24) is 0 Å². The molecule has 0 aliphatic heterocycles. The van der Waals surface area contributed by atoms with Crippen LogP contribution in [0.15, 0.2) is 22.7 Å². The molecule has 18 heavy (non-hydrogen) atoms. The quantitative estimate of drug-likeness (QED) is 0.507. The maximum atomic E-state index is 11.1. The fraction of sp³-hybridized carbons (Fsp3) is 0.364. The number of nitro groups is 1. The molecule has 0 aliphatic rings. The van der Waals surface area contributed by atoms with Gasteiger partial charge in [0.05, 0.1) is 18.5 Å². The standard InChI is InChI=1S/C11H13BrN2O4/c1-18-11(15)6-9(13)5-7-4-8(12)2-3-10(7)14(16)17/h2-4,9H,5-6,13H2,1H3. The summed E-state index contributed by atoms with van der Waals surface area (Å²) < 4.78 is 5.23. The van der Waals surface area contributed by atoms with Gasteiger partial charge in [-0.15, -0.1) is 0 Å². The number of benzene rings is 1. The van der Waals surface area contributed by atoms with Crippen LogP contribution < -0.4 is 5.73 Å². The molecule has 0 radical (unpaired) electrons. The van der Waals surface area contributed by atoms with Crippen molar-refractivity contribution in [2.45, 2.75) is 18.9 Å². The molecule has 0 saturated heterocycles. The van der Waals surface area contributed by atoms with Gasteiger partial charge in [0.25, 0.3) is 5.69 Å². The molecule has 1 unspecified atom stereocenters. The van der Waals surface area contributed by atoms with Crippen molar-refractivity contribution in [2.75, 3.05) is 7.11 Å². The smallest absolute Gasteiger partial charge is 0.307 e. The Kier molecular flexibility index (Phi) is 5.24. The molecule has 1 aromatic carbocycles. The first-order valence-electron chi connectivity index (χ1n) is 5.19. The average molecular weight is 317 g/mol. The van der Waals surface area contributed by atoms with E-state index in [2.05, 4.69) is 20.7 Å². The van der Waals surface area contributed by atoms with Crippen LogP contribution in [0.1, 0.15) is 12.0 Å². The van der Waals surface area contributed by atoms with Crippen LogP contribution in [0.2, 0.25) is 0 Å². The summed E-state index contributed by atoms with van der Waals surface area (Å²) in [5.41, 5.74) is 6.25. The predicted octanol–water partition coefficient (Wildman–Crippen LogP) is 1.79. The van der Waals surface area contributed by atoms with E-state index in [4.69, 9.17) is 5.73 Å². The van der Waals surface area contributed by atoms with E-state index < -0.39 is 16.9 Å². The molecule has 1 atom stereocenters. The molecular formula is C11H13BrN2O4. The van der Waals surface area contributed by atoms with Crippen molar-refractivity contribution in [1.29, 1.82) is 0 Å². The summed E-state index contributed by atoms with van der Waals surface area (Å²) in [5, 5.41) is 10.9. The van der Waals surface area contributed by atoms with E-state index in [1.807, 2.05) is 0 Å². The highest BCUT2D eigenvalue weighted by Gasteiger charge is 2.18. The lowest BCUT2D eigenvalue weighted by molar-refractivity contribution is -0.385. The Morgan fingerprint density at radius 2 is 2.28 bits per heavy atom. The van der Waals surface area contributed by atoms with Crippen LogP contribution in [0, 0.1) is 10.1 Å². The second kappa shape index (κ2) is 6.46. The van der Waals surface area contributed by atoms with Gasteiger partial charge in [-0.3, -0.25) is 14.9 Å². The summed E-state index contributed by atoms with van der Waals surface area (Å²) >= 11 is 3.24. The lowest BCUT2D eigenvalue weighted by atomic mass is 10.0. The van der Waals surface area contributed by atoms with Crippen LogP contribution in [0.25, 0.3) is 0 Å². The lowest BCUT2D eigenvalue weighted by Gasteiger charge is -2.10. The molecule has 1 aromatic rings. The number of halogens is 1. The molecule has 0 heterocycles. The third-order valence-electron chi connectivity index (χ3n) is 2.38. The Labute approximate surface area is 112 Å². The van der Waals surface area contributed by atoms with Crippen LogP contribution >= 0.6 is 15.9 Å². The highest BCUT2D eigenvalue weighted by molar-refractivity contribution is 9.10. The summed E-state index contributed by atoms with van der Waals surface area (Å²) in [6.45, 7) is 0. The summed E-state index contributed by atoms with van der Waals surface area (Å²) in [6, 6.07) is 4.12. The SMILES string of the molecule is COC(=O)CC(N)Cc1cc(Br)ccc1[N+](=O)[O-]. The normalized spacial score (nSPS) is 11.9. The number of hydrogen-bond acceptors (Lipinski definition) is 5. The first-order valence-corrected chi connectivity index (χ1v) is 5.98. The first-order chi connectivity index (χ1) is 8.43. The highest BCUT2D eigenvalue weighted by atomic mass is 79.9. The topological polar surface area (TPSA) is 95.5 Å². The van der Waals surface area contributed by atoms with Crippen molar-refractivity contribution in [3.8, 4) is 0 Å². The van der Waals surface area contributed by atoms with Gasteiger partial charge in [-0.25, -0.2) is 0 Å². The zero-order valence-electron chi connectivity index (χ0n) is 9.76. The number of esters is 1. The van der Waals surface area contributed by atoms with Crippen molar-refractivity contribution in [3.63, 3.8) is 0 Å². The molecule has 0 bridgehead atoms. The van der Waals surface area contributed by atoms with Gasteiger partial charge >= 0.3 is 5.97 Å². The number of carbonyl (C=O) groups is 1. The fourth-order valence-corrected chi connectivity index (χ4v) is 1.96. The minimum Gasteiger partial charge on any atom is -0.469 e. The van der Waals surface area contributed by atoms with Gasteiger partial charge in [-0.05, 0) is 18.6 Å². The van der Waals surface area contributed by atoms with Gasteiger partial charge in [0.15, 0.2) is 0 Å². The maximum Gasteiger partial charge on any atom is 0.307 e. The molecular weight excluding hydrogens is 304 g/mol. The van der Waals surface area contributed by atoms with Crippen LogP contribution in [-0.2, 0) is 16.0 Å². The Hall–Kier alpha value is -1.47. The minimum absolute atomic E-state index is 0.00137. The van der Waals surface area contributed by atoms with E-state index >= 15 is 0 Å². The van der Waals surface area contributed by atoms with E-state index in [1.54, 1.807) is 12.1 Å². The summed E-state index contributed by atoms with van der Waals surface area (Å²) in [6.07, 6.45) is 0.269. The highest BCUT2D eigenvalue weighted by Crippen LogP contribution is 2.24. The zero-order chi connectivity index (χ0) is 13.7. The molecule has 0 aromatic heterocycles. The molecule has 2 N–H and O–H groups in total. The van der Waals surface area contributed by atoms with E-state index in [0.717, 1.165) is 4.47 Å². The van der Waals surface area contributed by atoms with E-state index in [9.17, 15) is 14.9 Å². The van der Waals surface area contributed by atoms with Gasteiger partial charge in [-0.2, -0.15) is 0 Å². The van der Waals surface area contributed by atoms with Crippen molar-refractivity contribution >= 4 is 27.6 Å². The molecule has 6 nitrogen and oxygen atoms in total. The summed E-state index contributed by atoms with van der Waals surface area (Å²) in [7, 11) is 1.27. The number of rotatable bonds is 5. The molecule has 7 heteroatoms. The zero-order valence-corrected chi connectivity index (χ0v) is 11.3. The monoisotopic (exact) mass is 316 g/mol. The lowest BCUT2D eigenvalue weighted by Crippen LogP contribution is -2.27. The first kappa shape index (κ1) is 14.6. The van der Waals surface area contributed by atoms with Crippen LogP contribution in [0.3, 0.4) is 0 Å². The van der Waals surface area contributed by atoms with Crippen molar-refractivity contribution in [3.05, 3.63) is 38.3 Å².